The van der Waals surface area contributed by atoms with Crippen LogP contribution < -0.4 is 5.73 Å². The van der Waals surface area contributed by atoms with Gasteiger partial charge in [0.2, 0.25) is 0 Å². The minimum absolute atomic E-state index is 0.379. The molecule has 0 aromatic heterocycles. The van der Waals surface area contributed by atoms with Gasteiger partial charge in [-0.2, -0.15) is 13.2 Å². The second-order valence-corrected chi connectivity index (χ2v) is 4.90. The molecular formula is C13H15F4NO2. The molecule has 1 aromatic carbocycles. The molecule has 0 fully saturated rings. The molecule has 1 rings (SSSR count). The SMILES string of the molecule is COC(=O)C(C)(C)[C@@H](N)c1cccc(C(F)(F)F)c1F. The van der Waals surface area contributed by atoms with Gasteiger partial charge < -0.3 is 10.5 Å². The summed E-state index contributed by atoms with van der Waals surface area (Å²) in [4.78, 5) is 11.6. The van der Waals surface area contributed by atoms with Crippen molar-refractivity contribution in [1.29, 1.82) is 0 Å². The monoisotopic (exact) mass is 293 g/mol. The van der Waals surface area contributed by atoms with Gasteiger partial charge in [0, 0.05) is 11.6 Å². The fourth-order valence-corrected chi connectivity index (χ4v) is 1.79. The number of rotatable bonds is 3. The second-order valence-electron chi connectivity index (χ2n) is 4.90. The van der Waals surface area contributed by atoms with Gasteiger partial charge in [0.25, 0.3) is 0 Å². The van der Waals surface area contributed by atoms with E-state index < -0.39 is 35.0 Å². The Bertz CT molecular complexity index is 512. The van der Waals surface area contributed by atoms with E-state index in [9.17, 15) is 22.4 Å². The van der Waals surface area contributed by atoms with Gasteiger partial charge in [-0.15, -0.1) is 0 Å². The van der Waals surface area contributed by atoms with Crippen molar-refractivity contribution in [3.05, 3.63) is 35.1 Å². The van der Waals surface area contributed by atoms with Gasteiger partial charge in [-0.3, -0.25) is 4.79 Å². The lowest BCUT2D eigenvalue weighted by molar-refractivity contribution is -0.152. The summed E-state index contributed by atoms with van der Waals surface area (Å²) in [6.07, 6.45) is -4.82. The van der Waals surface area contributed by atoms with Crippen molar-refractivity contribution >= 4 is 5.97 Å². The highest BCUT2D eigenvalue weighted by Crippen LogP contribution is 2.38. The number of alkyl halides is 3. The quantitative estimate of drug-likeness (QED) is 0.688. The summed E-state index contributed by atoms with van der Waals surface area (Å²) in [7, 11) is 1.12. The van der Waals surface area contributed by atoms with Crippen molar-refractivity contribution in [3.63, 3.8) is 0 Å². The lowest BCUT2D eigenvalue weighted by Gasteiger charge is -2.29. The third kappa shape index (κ3) is 2.92. The molecule has 1 atom stereocenters. The Balaban J connectivity index is 3.31. The number of benzene rings is 1. The van der Waals surface area contributed by atoms with Crippen LogP contribution in [0.3, 0.4) is 0 Å². The molecule has 7 heteroatoms. The standard InChI is InChI=1S/C13H15F4NO2/c1-12(2,11(19)20-3)10(18)7-5-4-6-8(9(7)14)13(15,16)17/h4-6,10H,18H2,1-3H3/t10-/m0/s1. The third-order valence-electron chi connectivity index (χ3n) is 3.16. The van der Waals surface area contributed by atoms with E-state index in [1.165, 1.54) is 13.8 Å². The smallest absolute Gasteiger partial charge is 0.419 e. The highest BCUT2D eigenvalue weighted by molar-refractivity contribution is 5.77. The van der Waals surface area contributed by atoms with Crippen LogP contribution in [-0.4, -0.2) is 13.1 Å². The van der Waals surface area contributed by atoms with E-state index in [0.717, 1.165) is 19.2 Å². The maximum atomic E-state index is 14.0. The molecule has 1 aromatic rings. The highest BCUT2D eigenvalue weighted by Gasteiger charge is 2.41. The normalized spacial score (nSPS) is 14.0. The van der Waals surface area contributed by atoms with Gasteiger partial charge in [-0.1, -0.05) is 12.1 Å². The number of halogens is 4. The fraction of sp³-hybridized carbons (Fsp3) is 0.462. The maximum Gasteiger partial charge on any atom is 0.419 e. The van der Waals surface area contributed by atoms with Crippen LogP contribution in [0.15, 0.2) is 18.2 Å². The van der Waals surface area contributed by atoms with E-state index in [1.807, 2.05) is 0 Å². The number of methoxy groups -OCH3 is 1. The molecule has 112 valence electrons. The minimum atomic E-state index is -4.82. The molecule has 0 unspecified atom stereocenters. The summed E-state index contributed by atoms with van der Waals surface area (Å²) in [5, 5.41) is 0. The largest absolute Gasteiger partial charge is 0.469 e. The van der Waals surface area contributed by atoms with E-state index in [-0.39, 0.29) is 5.56 Å². The van der Waals surface area contributed by atoms with Gasteiger partial charge in [-0.05, 0) is 19.9 Å². The Hall–Kier alpha value is -1.63. The fourth-order valence-electron chi connectivity index (χ4n) is 1.79. The number of nitrogens with two attached hydrogens (primary N) is 1. The van der Waals surface area contributed by atoms with Crippen LogP contribution >= 0.6 is 0 Å². The Kier molecular flexibility index (Phi) is 4.43. The van der Waals surface area contributed by atoms with E-state index in [4.69, 9.17) is 5.73 Å². The molecule has 0 radical (unpaired) electrons. The molecule has 20 heavy (non-hydrogen) atoms. The van der Waals surface area contributed by atoms with Crippen LogP contribution in [0, 0.1) is 11.2 Å². The summed E-state index contributed by atoms with van der Waals surface area (Å²) in [5.74, 6) is -2.20. The van der Waals surface area contributed by atoms with Crippen LogP contribution in [0.2, 0.25) is 0 Å². The van der Waals surface area contributed by atoms with Crippen molar-refractivity contribution in [2.24, 2.45) is 11.1 Å². The number of carbonyl (C=O) groups is 1. The topological polar surface area (TPSA) is 52.3 Å². The molecule has 0 aliphatic heterocycles. The van der Waals surface area contributed by atoms with Crippen LogP contribution in [0.4, 0.5) is 17.6 Å². The molecule has 0 spiro atoms. The predicted molar refractivity (Wildman–Crippen MR) is 64.1 cm³/mol. The highest BCUT2D eigenvalue weighted by atomic mass is 19.4. The van der Waals surface area contributed by atoms with Crippen molar-refractivity contribution < 1.29 is 27.1 Å². The van der Waals surface area contributed by atoms with Crippen LogP contribution in [-0.2, 0) is 15.7 Å². The van der Waals surface area contributed by atoms with E-state index >= 15 is 0 Å². The zero-order valence-corrected chi connectivity index (χ0v) is 11.2. The number of hydrogen-bond donors (Lipinski definition) is 1. The Morgan fingerprint density at radius 1 is 1.30 bits per heavy atom. The molecule has 0 bridgehead atoms. The second kappa shape index (κ2) is 5.40. The molecule has 0 aliphatic rings. The molecule has 0 saturated heterocycles. The first kappa shape index (κ1) is 16.4. The lowest BCUT2D eigenvalue weighted by Crippen LogP contribution is -2.38. The first-order chi connectivity index (χ1) is 9.03. The van der Waals surface area contributed by atoms with Crippen LogP contribution in [0.1, 0.15) is 31.0 Å². The Labute approximate surface area is 113 Å². The maximum absolute atomic E-state index is 14.0. The van der Waals surface area contributed by atoms with Crippen LogP contribution in [0.25, 0.3) is 0 Å². The first-order valence-corrected chi connectivity index (χ1v) is 5.73. The number of hydrogen-bond acceptors (Lipinski definition) is 3. The summed E-state index contributed by atoms with van der Waals surface area (Å²) < 4.78 is 56.4. The zero-order chi connectivity index (χ0) is 15.7. The molecule has 3 nitrogen and oxygen atoms in total. The molecule has 0 saturated carbocycles. The number of esters is 1. The average molecular weight is 293 g/mol. The summed E-state index contributed by atoms with van der Waals surface area (Å²) >= 11 is 0. The van der Waals surface area contributed by atoms with Gasteiger partial charge in [0.15, 0.2) is 0 Å². The molecule has 0 aliphatic carbocycles. The number of ether oxygens (including phenoxy) is 1. The Morgan fingerprint density at radius 3 is 2.30 bits per heavy atom. The average Bonchev–Trinajstić information content (AvgIpc) is 2.35. The van der Waals surface area contributed by atoms with E-state index in [2.05, 4.69) is 4.74 Å². The van der Waals surface area contributed by atoms with Gasteiger partial charge in [0.05, 0.1) is 18.1 Å². The molecule has 0 amide bonds. The lowest BCUT2D eigenvalue weighted by atomic mass is 9.80. The van der Waals surface area contributed by atoms with Gasteiger partial charge >= 0.3 is 12.1 Å². The number of carbonyl (C=O) groups excluding carboxylic acids is 1. The minimum Gasteiger partial charge on any atom is -0.469 e. The first-order valence-electron chi connectivity index (χ1n) is 5.73. The van der Waals surface area contributed by atoms with Crippen molar-refractivity contribution in [1.82, 2.24) is 0 Å². The summed E-state index contributed by atoms with van der Waals surface area (Å²) in [6.45, 7) is 2.76. The van der Waals surface area contributed by atoms with E-state index in [0.29, 0.717) is 6.07 Å². The van der Waals surface area contributed by atoms with Crippen LogP contribution in [0.5, 0.6) is 0 Å². The summed E-state index contributed by atoms with van der Waals surface area (Å²) in [6, 6.07) is 1.53. The predicted octanol–water partition coefficient (Wildman–Crippen LogP) is 3.04. The van der Waals surface area contributed by atoms with E-state index in [1.54, 1.807) is 0 Å². The van der Waals surface area contributed by atoms with Gasteiger partial charge in [0.1, 0.15) is 5.82 Å². The van der Waals surface area contributed by atoms with Crippen molar-refractivity contribution in [3.8, 4) is 0 Å². The molecule has 2 N–H and O–H groups in total. The summed E-state index contributed by atoms with van der Waals surface area (Å²) in [5.41, 5.74) is 2.60. The zero-order valence-electron chi connectivity index (χ0n) is 11.2. The molecule has 0 heterocycles. The van der Waals surface area contributed by atoms with Crippen molar-refractivity contribution in [2.45, 2.75) is 26.1 Å². The van der Waals surface area contributed by atoms with Gasteiger partial charge in [-0.25, -0.2) is 4.39 Å². The van der Waals surface area contributed by atoms with Crippen molar-refractivity contribution in [2.75, 3.05) is 7.11 Å². The Morgan fingerprint density at radius 2 is 1.85 bits per heavy atom. The molecular weight excluding hydrogens is 278 g/mol. The third-order valence-corrected chi connectivity index (χ3v) is 3.16.